The predicted molar refractivity (Wildman–Crippen MR) is 50.8 cm³/mol. The standard InChI is InChI=1S/C11H14NO/c1-8-5-12-6-9(2)11(8)13-7-10-3-4-10/h5,10H,3-4,7H2,1-2H3. The van der Waals surface area contributed by atoms with Crippen molar-refractivity contribution in [2.75, 3.05) is 6.61 Å². The van der Waals surface area contributed by atoms with Crippen molar-refractivity contribution in [3.63, 3.8) is 0 Å². The Balaban J connectivity index is 2.07. The molecule has 69 valence electrons. The predicted octanol–water partition coefficient (Wildman–Crippen LogP) is 2.29. The van der Waals surface area contributed by atoms with Crippen LogP contribution in [0.3, 0.4) is 0 Å². The molecule has 2 heteroatoms. The summed E-state index contributed by atoms with van der Waals surface area (Å²) < 4.78 is 5.72. The van der Waals surface area contributed by atoms with Crippen LogP contribution >= 0.6 is 0 Å². The quantitative estimate of drug-likeness (QED) is 0.705. The van der Waals surface area contributed by atoms with Crippen molar-refractivity contribution in [1.29, 1.82) is 0 Å². The van der Waals surface area contributed by atoms with Crippen LogP contribution in [0.4, 0.5) is 0 Å². The van der Waals surface area contributed by atoms with Crippen LogP contribution in [0.25, 0.3) is 0 Å². The van der Waals surface area contributed by atoms with E-state index in [4.69, 9.17) is 4.74 Å². The lowest BCUT2D eigenvalue weighted by Crippen LogP contribution is -2.02. The number of aryl methyl sites for hydroxylation is 2. The normalized spacial score (nSPS) is 15.8. The molecule has 13 heavy (non-hydrogen) atoms. The maximum Gasteiger partial charge on any atom is 0.128 e. The Bertz CT molecular complexity index is 285. The topological polar surface area (TPSA) is 22.1 Å². The Morgan fingerprint density at radius 2 is 2.31 bits per heavy atom. The van der Waals surface area contributed by atoms with Gasteiger partial charge < -0.3 is 4.74 Å². The lowest BCUT2D eigenvalue weighted by molar-refractivity contribution is 0.295. The smallest absolute Gasteiger partial charge is 0.128 e. The Labute approximate surface area is 78.9 Å². The van der Waals surface area contributed by atoms with Crippen LogP contribution < -0.4 is 4.74 Å². The van der Waals surface area contributed by atoms with Gasteiger partial charge in [0, 0.05) is 17.3 Å². The van der Waals surface area contributed by atoms with E-state index < -0.39 is 0 Å². The molecule has 2 nitrogen and oxygen atoms in total. The highest BCUT2D eigenvalue weighted by Gasteiger charge is 2.22. The highest BCUT2D eigenvalue weighted by Crippen LogP contribution is 2.30. The van der Waals surface area contributed by atoms with Gasteiger partial charge in [0.15, 0.2) is 0 Å². The van der Waals surface area contributed by atoms with Gasteiger partial charge in [-0.05, 0) is 32.6 Å². The summed E-state index contributed by atoms with van der Waals surface area (Å²) in [5.41, 5.74) is 2.12. The summed E-state index contributed by atoms with van der Waals surface area (Å²) >= 11 is 0. The van der Waals surface area contributed by atoms with E-state index in [-0.39, 0.29) is 0 Å². The van der Waals surface area contributed by atoms with Gasteiger partial charge in [-0.1, -0.05) is 0 Å². The van der Waals surface area contributed by atoms with Crippen molar-refractivity contribution in [2.45, 2.75) is 26.7 Å². The van der Waals surface area contributed by atoms with E-state index in [2.05, 4.69) is 11.2 Å². The molecule has 0 bridgehead atoms. The molecule has 1 aliphatic carbocycles. The van der Waals surface area contributed by atoms with E-state index >= 15 is 0 Å². The van der Waals surface area contributed by atoms with Crippen LogP contribution in [0.15, 0.2) is 6.20 Å². The first-order valence-electron chi connectivity index (χ1n) is 4.74. The molecule has 1 saturated carbocycles. The van der Waals surface area contributed by atoms with Crippen molar-refractivity contribution in [2.24, 2.45) is 5.92 Å². The second kappa shape index (κ2) is 3.36. The number of hydrogen-bond acceptors (Lipinski definition) is 2. The average molecular weight is 176 g/mol. The molecule has 1 aliphatic rings. The van der Waals surface area contributed by atoms with Crippen LogP contribution in [0.5, 0.6) is 5.75 Å². The molecule has 0 aromatic carbocycles. The minimum Gasteiger partial charge on any atom is -0.493 e. The summed E-state index contributed by atoms with van der Waals surface area (Å²) in [5.74, 6) is 1.77. The number of pyridine rings is 1. The molecular formula is C11H14NO. The zero-order valence-corrected chi connectivity index (χ0v) is 8.13. The Kier molecular flexibility index (Phi) is 2.21. The zero-order valence-electron chi connectivity index (χ0n) is 8.13. The van der Waals surface area contributed by atoms with Gasteiger partial charge in [0.2, 0.25) is 0 Å². The molecule has 1 radical (unpaired) electrons. The summed E-state index contributed by atoms with van der Waals surface area (Å²) in [6, 6.07) is 0. The van der Waals surface area contributed by atoms with Gasteiger partial charge in [-0.25, -0.2) is 0 Å². The van der Waals surface area contributed by atoms with Gasteiger partial charge in [-0.15, -0.1) is 0 Å². The molecule has 0 amide bonds. The number of hydrogen-bond donors (Lipinski definition) is 0. The fourth-order valence-corrected chi connectivity index (χ4v) is 1.34. The number of rotatable bonds is 3. The van der Waals surface area contributed by atoms with Crippen molar-refractivity contribution in [1.82, 2.24) is 4.98 Å². The third-order valence-electron chi connectivity index (χ3n) is 2.35. The SMILES string of the molecule is Cc1[c]ncc(C)c1OCC1CC1. The van der Waals surface area contributed by atoms with Crippen LogP contribution in [0.2, 0.25) is 0 Å². The molecule has 0 atom stereocenters. The monoisotopic (exact) mass is 176 g/mol. The fraction of sp³-hybridized carbons (Fsp3) is 0.545. The molecule has 2 rings (SSSR count). The van der Waals surface area contributed by atoms with Gasteiger partial charge in [0.05, 0.1) is 12.8 Å². The van der Waals surface area contributed by atoms with Crippen molar-refractivity contribution in [3.8, 4) is 5.75 Å². The third-order valence-corrected chi connectivity index (χ3v) is 2.35. The van der Waals surface area contributed by atoms with E-state index in [1.165, 1.54) is 12.8 Å². The second-order valence-electron chi connectivity index (χ2n) is 3.76. The minimum atomic E-state index is 0.798. The molecule has 0 unspecified atom stereocenters. The van der Waals surface area contributed by atoms with Gasteiger partial charge in [-0.3, -0.25) is 4.98 Å². The van der Waals surface area contributed by atoms with Crippen LogP contribution in [-0.4, -0.2) is 11.6 Å². The van der Waals surface area contributed by atoms with E-state index in [0.29, 0.717) is 0 Å². The average Bonchev–Trinajstić information content (AvgIpc) is 2.87. The highest BCUT2D eigenvalue weighted by molar-refractivity contribution is 5.36. The minimum absolute atomic E-state index is 0.798. The zero-order chi connectivity index (χ0) is 9.26. The van der Waals surface area contributed by atoms with Crippen molar-refractivity contribution < 1.29 is 4.74 Å². The summed E-state index contributed by atoms with van der Waals surface area (Å²) in [6.45, 7) is 4.87. The van der Waals surface area contributed by atoms with Crippen LogP contribution in [0, 0.1) is 26.0 Å². The summed E-state index contributed by atoms with van der Waals surface area (Å²) in [7, 11) is 0. The summed E-state index contributed by atoms with van der Waals surface area (Å²) in [4.78, 5) is 3.98. The summed E-state index contributed by atoms with van der Waals surface area (Å²) in [6.07, 6.45) is 7.36. The molecule has 1 aromatic heterocycles. The number of ether oxygens (including phenoxy) is 1. The lowest BCUT2D eigenvalue weighted by Gasteiger charge is -2.09. The Morgan fingerprint density at radius 3 is 2.92 bits per heavy atom. The summed E-state index contributed by atoms with van der Waals surface area (Å²) in [5, 5.41) is 0. The third kappa shape index (κ3) is 2.00. The number of aromatic nitrogens is 1. The molecule has 0 N–H and O–H groups in total. The Morgan fingerprint density at radius 1 is 1.54 bits per heavy atom. The van der Waals surface area contributed by atoms with E-state index in [1.807, 2.05) is 13.8 Å². The molecule has 0 saturated heterocycles. The van der Waals surface area contributed by atoms with Gasteiger partial charge in [0.25, 0.3) is 0 Å². The molecular weight excluding hydrogens is 162 g/mol. The van der Waals surface area contributed by atoms with E-state index in [9.17, 15) is 0 Å². The lowest BCUT2D eigenvalue weighted by atomic mass is 10.2. The van der Waals surface area contributed by atoms with Gasteiger partial charge in [-0.2, -0.15) is 0 Å². The van der Waals surface area contributed by atoms with Crippen molar-refractivity contribution in [3.05, 3.63) is 23.5 Å². The molecule has 0 spiro atoms. The maximum absolute atomic E-state index is 5.72. The van der Waals surface area contributed by atoms with Crippen molar-refractivity contribution >= 4 is 0 Å². The van der Waals surface area contributed by atoms with Gasteiger partial charge in [0.1, 0.15) is 5.75 Å². The van der Waals surface area contributed by atoms with Crippen LogP contribution in [0.1, 0.15) is 24.0 Å². The second-order valence-corrected chi connectivity index (χ2v) is 3.76. The molecule has 1 heterocycles. The highest BCUT2D eigenvalue weighted by atomic mass is 16.5. The largest absolute Gasteiger partial charge is 0.493 e. The number of nitrogens with zero attached hydrogens (tertiary/aromatic N) is 1. The Hall–Kier alpha value is -1.05. The fourth-order valence-electron chi connectivity index (χ4n) is 1.34. The van der Waals surface area contributed by atoms with Crippen LogP contribution in [-0.2, 0) is 0 Å². The molecule has 1 fully saturated rings. The molecule has 0 aliphatic heterocycles. The van der Waals surface area contributed by atoms with E-state index in [1.54, 1.807) is 6.20 Å². The maximum atomic E-state index is 5.72. The van der Waals surface area contributed by atoms with Gasteiger partial charge >= 0.3 is 0 Å². The first kappa shape index (κ1) is 8.54. The molecule has 1 aromatic rings. The first-order chi connectivity index (χ1) is 6.27. The first-order valence-corrected chi connectivity index (χ1v) is 4.74. The van der Waals surface area contributed by atoms with E-state index in [0.717, 1.165) is 29.4 Å².